The minimum Gasteiger partial charge on any atom is -0.484 e. The largest absolute Gasteiger partial charge is 0.484 e. The number of morpholine rings is 1. The maximum atomic E-state index is 12.7. The van der Waals surface area contributed by atoms with Gasteiger partial charge in [-0.15, -0.1) is 0 Å². The van der Waals surface area contributed by atoms with E-state index < -0.39 is 12.8 Å². The van der Waals surface area contributed by atoms with Crippen molar-refractivity contribution in [1.82, 2.24) is 10.3 Å². The molecule has 1 aromatic heterocycles. The van der Waals surface area contributed by atoms with Gasteiger partial charge in [0.1, 0.15) is 11.9 Å². The molecule has 1 fully saturated rings. The molecule has 0 bridgehead atoms. The SMILES string of the molecule is CC1=C(OCC(F)(F)F)C=CC(C(=O)Nc2ccc(C3CNCCO3)nc2)=CC1C. The maximum Gasteiger partial charge on any atom is 0.422 e. The zero-order valence-corrected chi connectivity index (χ0v) is 16.8. The number of halogens is 3. The lowest BCUT2D eigenvalue weighted by Gasteiger charge is -2.23. The van der Waals surface area contributed by atoms with Crippen LogP contribution >= 0.6 is 0 Å². The third-order valence-corrected chi connectivity index (χ3v) is 4.87. The third-order valence-electron chi connectivity index (χ3n) is 4.87. The molecule has 0 aromatic carbocycles. The first kappa shape index (κ1) is 22.0. The van der Waals surface area contributed by atoms with Gasteiger partial charge in [-0.05, 0) is 42.7 Å². The molecule has 3 rings (SSSR count). The fourth-order valence-electron chi connectivity index (χ4n) is 3.07. The van der Waals surface area contributed by atoms with Crippen LogP contribution in [0.4, 0.5) is 18.9 Å². The van der Waals surface area contributed by atoms with Crippen molar-refractivity contribution in [2.45, 2.75) is 26.1 Å². The number of nitrogens with one attached hydrogen (secondary N) is 2. The van der Waals surface area contributed by atoms with E-state index >= 15 is 0 Å². The molecule has 2 atom stereocenters. The predicted molar refractivity (Wildman–Crippen MR) is 106 cm³/mol. The molecule has 1 aliphatic carbocycles. The van der Waals surface area contributed by atoms with Crippen LogP contribution in [-0.2, 0) is 14.3 Å². The van der Waals surface area contributed by atoms with E-state index in [2.05, 4.69) is 15.6 Å². The standard InChI is InChI=1S/C21H24F3N3O3/c1-13-9-15(3-6-18(14(13)2)30-12-21(22,23)24)20(28)27-16-4-5-17(26-10-16)19-11-25-7-8-29-19/h3-6,9-10,13,19,25H,7-8,11-12H2,1-2H3,(H,27,28). The Bertz CT molecular complexity index is 854. The summed E-state index contributed by atoms with van der Waals surface area (Å²) in [6.45, 7) is 4.20. The number of pyridine rings is 1. The molecular weight excluding hydrogens is 399 g/mol. The van der Waals surface area contributed by atoms with Gasteiger partial charge >= 0.3 is 6.18 Å². The third kappa shape index (κ3) is 5.93. The zero-order chi connectivity index (χ0) is 21.7. The number of hydrogen-bond acceptors (Lipinski definition) is 5. The Morgan fingerprint density at radius 2 is 2.17 bits per heavy atom. The van der Waals surface area contributed by atoms with Gasteiger partial charge in [0.15, 0.2) is 6.61 Å². The highest BCUT2D eigenvalue weighted by molar-refractivity contribution is 6.05. The molecule has 2 heterocycles. The van der Waals surface area contributed by atoms with Gasteiger partial charge in [-0.25, -0.2) is 0 Å². The van der Waals surface area contributed by atoms with Crippen molar-refractivity contribution in [2.75, 3.05) is 31.6 Å². The van der Waals surface area contributed by atoms with Crippen LogP contribution in [-0.4, -0.2) is 43.4 Å². The fourth-order valence-corrected chi connectivity index (χ4v) is 3.07. The summed E-state index contributed by atoms with van der Waals surface area (Å²) in [7, 11) is 0. The Kier molecular flexibility index (Phi) is 6.94. The van der Waals surface area contributed by atoms with Crippen molar-refractivity contribution in [3.63, 3.8) is 0 Å². The highest BCUT2D eigenvalue weighted by Gasteiger charge is 2.29. The van der Waals surface area contributed by atoms with Gasteiger partial charge < -0.3 is 20.1 Å². The van der Waals surface area contributed by atoms with E-state index in [4.69, 9.17) is 9.47 Å². The number of carbonyl (C=O) groups excluding carboxylic acids is 1. The minimum absolute atomic E-state index is 0.117. The second kappa shape index (κ2) is 9.44. The van der Waals surface area contributed by atoms with Gasteiger partial charge in [0.25, 0.3) is 5.91 Å². The van der Waals surface area contributed by atoms with Gasteiger partial charge in [0.2, 0.25) is 0 Å². The molecule has 0 saturated carbocycles. The van der Waals surface area contributed by atoms with Gasteiger partial charge in [0, 0.05) is 18.7 Å². The van der Waals surface area contributed by atoms with E-state index in [1.54, 1.807) is 38.3 Å². The van der Waals surface area contributed by atoms with Crippen molar-refractivity contribution < 1.29 is 27.4 Å². The van der Waals surface area contributed by atoms with Crippen LogP contribution < -0.4 is 10.6 Å². The Morgan fingerprint density at radius 1 is 1.37 bits per heavy atom. The minimum atomic E-state index is -4.43. The van der Waals surface area contributed by atoms with Gasteiger partial charge in [-0.3, -0.25) is 9.78 Å². The van der Waals surface area contributed by atoms with Crippen molar-refractivity contribution in [3.8, 4) is 0 Å². The zero-order valence-electron chi connectivity index (χ0n) is 16.8. The highest BCUT2D eigenvalue weighted by Crippen LogP contribution is 2.26. The van der Waals surface area contributed by atoms with Crippen LogP contribution in [0.2, 0.25) is 0 Å². The summed E-state index contributed by atoms with van der Waals surface area (Å²) in [5, 5.41) is 5.99. The van der Waals surface area contributed by atoms with Gasteiger partial charge in [-0.1, -0.05) is 13.0 Å². The number of aromatic nitrogens is 1. The number of allylic oxidation sites excluding steroid dienone is 3. The molecule has 30 heavy (non-hydrogen) atoms. The van der Waals surface area contributed by atoms with E-state index in [1.807, 2.05) is 0 Å². The number of ether oxygens (including phenoxy) is 2. The van der Waals surface area contributed by atoms with E-state index in [0.29, 0.717) is 30.0 Å². The summed E-state index contributed by atoms with van der Waals surface area (Å²) in [5.41, 5.74) is 2.23. The quantitative estimate of drug-likeness (QED) is 0.756. The van der Waals surface area contributed by atoms with Crippen LogP contribution in [0, 0.1) is 5.92 Å². The van der Waals surface area contributed by atoms with E-state index in [9.17, 15) is 18.0 Å². The molecule has 1 amide bonds. The van der Waals surface area contributed by atoms with Crippen LogP contribution in [0.1, 0.15) is 25.6 Å². The van der Waals surface area contributed by atoms with Crippen LogP contribution in [0.3, 0.4) is 0 Å². The summed E-state index contributed by atoms with van der Waals surface area (Å²) >= 11 is 0. The summed E-state index contributed by atoms with van der Waals surface area (Å²) in [6, 6.07) is 3.53. The topological polar surface area (TPSA) is 72.5 Å². The van der Waals surface area contributed by atoms with Crippen LogP contribution in [0.25, 0.3) is 0 Å². The predicted octanol–water partition coefficient (Wildman–Crippen LogP) is 3.67. The molecule has 2 aliphatic rings. The van der Waals surface area contributed by atoms with Crippen LogP contribution in [0.15, 0.2) is 53.5 Å². The van der Waals surface area contributed by atoms with Crippen molar-refractivity contribution in [3.05, 3.63) is 59.2 Å². The summed E-state index contributed by atoms with van der Waals surface area (Å²) in [6.07, 6.45) is 1.54. The Morgan fingerprint density at radius 3 is 2.80 bits per heavy atom. The second-order valence-electron chi connectivity index (χ2n) is 7.18. The first-order chi connectivity index (χ1) is 14.2. The van der Waals surface area contributed by atoms with Crippen molar-refractivity contribution in [1.29, 1.82) is 0 Å². The van der Waals surface area contributed by atoms with Gasteiger partial charge in [-0.2, -0.15) is 13.2 Å². The maximum absolute atomic E-state index is 12.7. The summed E-state index contributed by atoms with van der Waals surface area (Å²) in [5.74, 6) is -0.528. The van der Waals surface area contributed by atoms with Crippen molar-refractivity contribution >= 4 is 11.6 Å². The van der Waals surface area contributed by atoms with E-state index in [0.717, 1.165) is 12.2 Å². The molecule has 1 aromatic rings. The smallest absolute Gasteiger partial charge is 0.422 e. The number of anilines is 1. The van der Waals surface area contributed by atoms with Crippen LogP contribution in [0.5, 0.6) is 0 Å². The molecule has 9 heteroatoms. The Labute approximate surface area is 172 Å². The van der Waals surface area contributed by atoms with E-state index in [1.165, 1.54) is 12.2 Å². The first-order valence-corrected chi connectivity index (χ1v) is 9.63. The monoisotopic (exact) mass is 423 g/mol. The molecule has 2 N–H and O–H groups in total. The lowest BCUT2D eigenvalue weighted by molar-refractivity contribution is -0.164. The number of hydrogen-bond donors (Lipinski definition) is 2. The molecule has 162 valence electrons. The number of amides is 1. The Balaban J connectivity index is 1.64. The number of alkyl halides is 3. The number of rotatable bonds is 5. The highest BCUT2D eigenvalue weighted by atomic mass is 19.4. The molecule has 2 unspecified atom stereocenters. The first-order valence-electron chi connectivity index (χ1n) is 9.63. The molecular formula is C21H24F3N3O3. The summed E-state index contributed by atoms with van der Waals surface area (Å²) in [4.78, 5) is 17.0. The van der Waals surface area contributed by atoms with Gasteiger partial charge in [0.05, 0.1) is 24.2 Å². The normalized spacial score (nSPS) is 22.4. The van der Waals surface area contributed by atoms with E-state index in [-0.39, 0.29) is 23.7 Å². The molecule has 6 nitrogen and oxygen atoms in total. The molecule has 1 saturated heterocycles. The fraction of sp³-hybridized carbons (Fsp3) is 0.429. The average Bonchev–Trinajstić information content (AvgIpc) is 2.86. The molecule has 0 radical (unpaired) electrons. The van der Waals surface area contributed by atoms with Crippen molar-refractivity contribution in [2.24, 2.45) is 5.92 Å². The molecule has 1 aliphatic heterocycles. The Hall–Kier alpha value is -2.65. The number of carbonyl (C=O) groups is 1. The lowest BCUT2D eigenvalue weighted by Crippen LogP contribution is -2.33. The number of nitrogens with zero attached hydrogens (tertiary/aromatic N) is 1. The average molecular weight is 423 g/mol. The molecule has 0 spiro atoms. The second-order valence-corrected chi connectivity index (χ2v) is 7.18. The summed E-state index contributed by atoms with van der Waals surface area (Å²) < 4.78 is 47.9. The lowest BCUT2D eigenvalue weighted by atomic mass is 10.0.